The molecule has 3 rings (SSSR count). The highest BCUT2D eigenvalue weighted by Gasteiger charge is 2.35. The van der Waals surface area contributed by atoms with Crippen molar-refractivity contribution < 1.29 is 23.5 Å². The smallest absolute Gasteiger partial charge is 0.336 e. The summed E-state index contributed by atoms with van der Waals surface area (Å²) in [5.74, 6) is -2.21. The summed E-state index contributed by atoms with van der Waals surface area (Å²) in [5.41, 5.74) is 0.727. The summed E-state index contributed by atoms with van der Waals surface area (Å²) in [6.45, 7) is 2.40. The van der Waals surface area contributed by atoms with Crippen molar-refractivity contribution in [1.29, 1.82) is 0 Å². The number of ether oxygens (including phenoxy) is 2. The summed E-state index contributed by atoms with van der Waals surface area (Å²) in [5, 5.41) is 2.80. The molecule has 0 radical (unpaired) electrons. The molecule has 2 aliphatic rings. The third kappa shape index (κ3) is 3.85. The maximum absolute atomic E-state index is 14.3. The van der Waals surface area contributed by atoms with E-state index in [4.69, 9.17) is 21.1 Å². The minimum atomic E-state index is -0.778. The van der Waals surface area contributed by atoms with Crippen LogP contribution >= 0.6 is 11.6 Å². The van der Waals surface area contributed by atoms with Gasteiger partial charge in [0, 0.05) is 35.2 Å². The van der Waals surface area contributed by atoms with Crippen LogP contribution < -0.4 is 5.32 Å². The van der Waals surface area contributed by atoms with Crippen molar-refractivity contribution >= 4 is 23.5 Å². The topological polar surface area (TPSA) is 64.6 Å². The Balaban J connectivity index is 1.88. The Morgan fingerprint density at radius 3 is 2.96 bits per heavy atom. The van der Waals surface area contributed by atoms with Crippen LogP contribution in [0.5, 0.6) is 0 Å². The van der Waals surface area contributed by atoms with Gasteiger partial charge in [-0.1, -0.05) is 17.7 Å². The van der Waals surface area contributed by atoms with Gasteiger partial charge in [-0.15, -0.1) is 0 Å². The summed E-state index contributed by atoms with van der Waals surface area (Å²) in [6, 6.07) is 4.28. The number of carbonyl (C=O) groups is 2. The third-order valence-electron chi connectivity index (χ3n) is 4.46. The van der Waals surface area contributed by atoms with Crippen molar-refractivity contribution in [2.75, 3.05) is 13.2 Å². The third-order valence-corrected chi connectivity index (χ3v) is 4.79. The first kappa shape index (κ1) is 17.9. The Labute approximate surface area is 150 Å². The number of allylic oxidation sites excluding steroid dienone is 1. The molecule has 1 N–H and O–H groups in total. The fourth-order valence-electron chi connectivity index (χ4n) is 3.28. The quantitative estimate of drug-likeness (QED) is 0.831. The van der Waals surface area contributed by atoms with E-state index in [2.05, 4.69) is 5.32 Å². The molecule has 7 heteroatoms. The van der Waals surface area contributed by atoms with E-state index in [1.807, 2.05) is 0 Å². The molecule has 0 bridgehead atoms. The number of nitrogens with one attached hydrogen (secondary N) is 1. The molecule has 134 valence electrons. The zero-order valence-corrected chi connectivity index (χ0v) is 14.6. The summed E-state index contributed by atoms with van der Waals surface area (Å²) < 4.78 is 25.2. The molecule has 1 aromatic rings. The number of esters is 1. The van der Waals surface area contributed by atoms with Gasteiger partial charge in [0.05, 0.1) is 11.7 Å². The highest BCUT2D eigenvalue weighted by Crippen LogP contribution is 2.38. The molecular weight excluding hydrogens is 349 g/mol. The second-order valence-corrected chi connectivity index (χ2v) is 6.62. The molecule has 0 aliphatic carbocycles. The molecule has 1 fully saturated rings. The zero-order valence-electron chi connectivity index (χ0n) is 13.8. The van der Waals surface area contributed by atoms with Gasteiger partial charge < -0.3 is 14.8 Å². The molecule has 2 aliphatic heterocycles. The second-order valence-electron chi connectivity index (χ2n) is 6.21. The minimum Gasteiger partial charge on any atom is -0.460 e. The van der Waals surface area contributed by atoms with Crippen molar-refractivity contribution in [3.05, 3.63) is 45.9 Å². The fourth-order valence-corrected chi connectivity index (χ4v) is 3.58. The normalized spacial score (nSPS) is 23.6. The lowest BCUT2D eigenvalue weighted by Gasteiger charge is -2.27. The Morgan fingerprint density at radius 2 is 2.28 bits per heavy atom. The molecule has 0 aromatic heterocycles. The SMILES string of the molecule is CC1=C(C(=O)OC[C@@H]2CCCO2)[C@H](c2c(F)cccc2Cl)CC(=O)N1. The highest BCUT2D eigenvalue weighted by atomic mass is 35.5. The molecule has 1 aromatic carbocycles. The van der Waals surface area contributed by atoms with E-state index in [9.17, 15) is 14.0 Å². The van der Waals surface area contributed by atoms with Gasteiger partial charge in [-0.25, -0.2) is 9.18 Å². The summed E-state index contributed by atoms with van der Waals surface area (Å²) >= 11 is 6.14. The monoisotopic (exact) mass is 367 g/mol. The lowest BCUT2D eigenvalue weighted by molar-refractivity contribution is -0.142. The average molecular weight is 368 g/mol. The van der Waals surface area contributed by atoms with E-state index in [1.54, 1.807) is 6.92 Å². The second kappa shape index (κ2) is 7.54. The van der Waals surface area contributed by atoms with Crippen LogP contribution in [0.4, 0.5) is 4.39 Å². The Kier molecular flexibility index (Phi) is 5.39. The molecule has 1 amide bonds. The molecule has 5 nitrogen and oxygen atoms in total. The molecule has 25 heavy (non-hydrogen) atoms. The maximum atomic E-state index is 14.3. The number of benzene rings is 1. The highest BCUT2D eigenvalue weighted by molar-refractivity contribution is 6.31. The Bertz CT molecular complexity index is 708. The van der Waals surface area contributed by atoms with Crippen LogP contribution in [0, 0.1) is 5.82 Å². The Morgan fingerprint density at radius 1 is 1.48 bits per heavy atom. The van der Waals surface area contributed by atoms with E-state index in [0.717, 1.165) is 12.8 Å². The van der Waals surface area contributed by atoms with Gasteiger partial charge in [0.15, 0.2) is 0 Å². The van der Waals surface area contributed by atoms with Gasteiger partial charge in [0.1, 0.15) is 12.4 Å². The molecule has 0 spiro atoms. The Hall–Kier alpha value is -1.92. The summed E-state index contributed by atoms with van der Waals surface area (Å²) in [6.07, 6.45) is 1.60. The predicted octanol–water partition coefficient (Wildman–Crippen LogP) is 3.08. The van der Waals surface area contributed by atoms with Gasteiger partial charge in [0.25, 0.3) is 0 Å². The van der Waals surface area contributed by atoms with E-state index in [1.165, 1.54) is 18.2 Å². The van der Waals surface area contributed by atoms with Gasteiger partial charge in [-0.2, -0.15) is 0 Å². The van der Waals surface area contributed by atoms with Gasteiger partial charge in [-0.3, -0.25) is 4.79 Å². The molecule has 0 saturated carbocycles. The van der Waals surface area contributed by atoms with Crippen molar-refractivity contribution in [3.8, 4) is 0 Å². The van der Waals surface area contributed by atoms with E-state index in [-0.39, 0.29) is 41.2 Å². The van der Waals surface area contributed by atoms with Crippen LogP contribution in [0.15, 0.2) is 29.5 Å². The number of amides is 1. The van der Waals surface area contributed by atoms with E-state index in [0.29, 0.717) is 12.3 Å². The number of rotatable bonds is 4. The van der Waals surface area contributed by atoms with Gasteiger partial charge >= 0.3 is 5.97 Å². The van der Waals surface area contributed by atoms with Gasteiger partial charge in [0.2, 0.25) is 5.91 Å². The van der Waals surface area contributed by atoms with E-state index < -0.39 is 17.7 Å². The van der Waals surface area contributed by atoms with Crippen molar-refractivity contribution in [1.82, 2.24) is 5.32 Å². The van der Waals surface area contributed by atoms with Crippen molar-refractivity contribution in [2.24, 2.45) is 0 Å². The zero-order chi connectivity index (χ0) is 18.0. The lowest BCUT2D eigenvalue weighted by Crippen LogP contribution is -2.35. The van der Waals surface area contributed by atoms with Crippen LogP contribution in [0.25, 0.3) is 0 Å². The first-order valence-electron chi connectivity index (χ1n) is 8.20. The molecule has 2 atom stereocenters. The predicted molar refractivity (Wildman–Crippen MR) is 89.5 cm³/mol. The molecule has 2 heterocycles. The first-order valence-corrected chi connectivity index (χ1v) is 8.58. The van der Waals surface area contributed by atoms with Crippen molar-refractivity contribution in [3.63, 3.8) is 0 Å². The van der Waals surface area contributed by atoms with Crippen LogP contribution in [-0.2, 0) is 19.1 Å². The fraction of sp³-hybridized carbons (Fsp3) is 0.444. The molecule has 1 saturated heterocycles. The number of hydrogen-bond acceptors (Lipinski definition) is 4. The largest absolute Gasteiger partial charge is 0.460 e. The standard InChI is InChI=1S/C18H19ClFNO4/c1-10-16(18(23)25-9-11-4-3-7-24-11)12(8-15(22)21-10)17-13(19)5-2-6-14(17)20/h2,5-6,11-12H,3-4,7-9H2,1H3,(H,21,22)/t11-,12+/m0/s1. The first-order chi connectivity index (χ1) is 12.0. The van der Waals surface area contributed by atoms with E-state index >= 15 is 0 Å². The molecular formula is C18H19ClFNO4. The number of halogens is 2. The molecule has 0 unspecified atom stereocenters. The average Bonchev–Trinajstić information content (AvgIpc) is 3.05. The van der Waals surface area contributed by atoms with Crippen LogP contribution in [0.3, 0.4) is 0 Å². The summed E-state index contributed by atoms with van der Waals surface area (Å²) in [7, 11) is 0. The summed E-state index contributed by atoms with van der Waals surface area (Å²) in [4.78, 5) is 24.6. The lowest BCUT2D eigenvalue weighted by atomic mass is 9.84. The number of hydrogen-bond donors (Lipinski definition) is 1. The van der Waals surface area contributed by atoms with Gasteiger partial charge in [-0.05, 0) is 31.9 Å². The maximum Gasteiger partial charge on any atom is 0.336 e. The minimum absolute atomic E-state index is 0.0671. The number of carbonyl (C=O) groups excluding carboxylic acids is 2. The van der Waals surface area contributed by atoms with Crippen molar-refractivity contribution in [2.45, 2.75) is 38.2 Å². The van der Waals surface area contributed by atoms with Crippen LogP contribution in [-0.4, -0.2) is 31.2 Å². The van der Waals surface area contributed by atoms with Crippen LogP contribution in [0.1, 0.15) is 37.7 Å². The van der Waals surface area contributed by atoms with Crippen LogP contribution in [0.2, 0.25) is 5.02 Å².